The Morgan fingerprint density at radius 1 is 1.25 bits per heavy atom. The highest BCUT2D eigenvalue weighted by molar-refractivity contribution is 6.29. The van der Waals surface area contributed by atoms with Crippen molar-refractivity contribution in [3.8, 4) is 0 Å². The van der Waals surface area contributed by atoms with Gasteiger partial charge < -0.3 is 4.90 Å². The molecule has 0 saturated heterocycles. The molecule has 2 rings (SSSR count). The van der Waals surface area contributed by atoms with Gasteiger partial charge in [0.05, 0.1) is 4.92 Å². The lowest BCUT2D eigenvalue weighted by molar-refractivity contribution is -0.384. The zero-order valence-electron chi connectivity index (χ0n) is 11.0. The molecule has 2 aromatic rings. The zero-order valence-corrected chi connectivity index (χ0v) is 11.7. The van der Waals surface area contributed by atoms with E-state index in [-0.39, 0.29) is 10.8 Å². The summed E-state index contributed by atoms with van der Waals surface area (Å²) in [5, 5.41) is 11.3. The molecular weight excluding hydrogens is 278 g/mol. The second-order valence-corrected chi connectivity index (χ2v) is 4.78. The lowest BCUT2D eigenvalue weighted by Gasteiger charge is -2.18. The number of hydrogen-bond donors (Lipinski definition) is 0. The summed E-state index contributed by atoms with van der Waals surface area (Å²) in [5.41, 5.74) is 1.13. The van der Waals surface area contributed by atoms with Crippen LogP contribution in [0.3, 0.4) is 0 Å². The maximum atomic E-state index is 11.0. The summed E-state index contributed by atoms with van der Waals surface area (Å²) in [7, 11) is 1.77. The molecule has 0 fully saturated rings. The monoisotopic (exact) mass is 291 g/mol. The number of anilines is 1. The van der Waals surface area contributed by atoms with Gasteiger partial charge >= 0.3 is 5.69 Å². The molecule has 0 saturated carbocycles. The molecule has 0 spiro atoms. The predicted molar refractivity (Wildman–Crippen MR) is 79.3 cm³/mol. The second-order valence-electron chi connectivity index (χ2n) is 4.39. The predicted octanol–water partition coefficient (Wildman–Crippen LogP) is 3.32. The molecule has 0 radical (unpaired) electrons. The molecule has 0 bridgehead atoms. The minimum atomic E-state index is -0.447. The van der Waals surface area contributed by atoms with Gasteiger partial charge in [-0.05, 0) is 18.1 Å². The third-order valence-electron chi connectivity index (χ3n) is 2.96. The summed E-state index contributed by atoms with van der Waals surface area (Å²) in [5.74, 6) is 0.290. The van der Waals surface area contributed by atoms with Gasteiger partial charge in [0.1, 0.15) is 5.15 Å². The Morgan fingerprint density at radius 2 is 1.95 bits per heavy atom. The van der Waals surface area contributed by atoms with E-state index in [1.807, 2.05) is 30.3 Å². The summed E-state index contributed by atoms with van der Waals surface area (Å²) >= 11 is 5.82. The molecular formula is C14H14ClN3O2. The number of aromatic nitrogens is 1. The molecule has 0 aliphatic heterocycles. The lowest BCUT2D eigenvalue weighted by atomic mass is 10.1. The van der Waals surface area contributed by atoms with Crippen molar-refractivity contribution >= 4 is 23.1 Å². The summed E-state index contributed by atoms with van der Waals surface area (Å²) in [6, 6.07) is 12.7. The van der Waals surface area contributed by atoms with Gasteiger partial charge in [0, 0.05) is 19.7 Å². The Labute approximate surface area is 122 Å². The number of hydrogen-bond acceptors (Lipinski definition) is 4. The number of benzene rings is 1. The van der Waals surface area contributed by atoms with Crippen molar-refractivity contribution in [1.29, 1.82) is 0 Å². The van der Waals surface area contributed by atoms with Crippen molar-refractivity contribution in [2.45, 2.75) is 6.42 Å². The van der Waals surface area contributed by atoms with Crippen molar-refractivity contribution in [2.75, 3.05) is 18.5 Å². The molecule has 1 heterocycles. The maximum Gasteiger partial charge on any atom is 0.311 e. The number of nitro groups is 1. The first-order valence-electron chi connectivity index (χ1n) is 6.14. The van der Waals surface area contributed by atoms with Crippen LogP contribution in [0.15, 0.2) is 42.5 Å². The minimum Gasteiger partial charge on any atom is -0.354 e. The van der Waals surface area contributed by atoms with Crippen LogP contribution in [0.1, 0.15) is 5.56 Å². The van der Waals surface area contributed by atoms with Crippen LogP contribution in [0.25, 0.3) is 0 Å². The van der Waals surface area contributed by atoms with Crippen molar-refractivity contribution in [2.24, 2.45) is 0 Å². The van der Waals surface area contributed by atoms with Crippen LogP contribution in [-0.2, 0) is 6.42 Å². The van der Waals surface area contributed by atoms with Crippen molar-refractivity contribution in [3.63, 3.8) is 0 Å². The average Bonchev–Trinajstić information content (AvgIpc) is 2.45. The summed E-state index contributed by atoms with van der Waals surface area (Å²) in [6.07, 6.45) is 0.780. The van der Waals surface area contributed by atoms with Crippen LogP contribution < -0.4 is 4.90 Å². The maximum absolute atomic E-state index is 11.0. The summed E-state index contributed by atoms with van der Waals surface area (Å²) in [4.78, 5) is 16.4. The highest BCUT2D eigenvalue weighted by Crippen LogP contribution is 2.26. The first-order chi connectivity index (χ1) is 9.58. The molecule has 6 heteroatoms. The Bertz CT molecular complexity index is 605. The molecule has 0 unspecified atom stereocenters. The van der Waals surface area contributed by atoms with Gasteiger partial charge in [-0.25, -0.2) is 4.98 Å². The molecule has 0 N–H and O–H groups in total. The number of rotatable bonds is 5. The highest BCUT2D eigenvalue weighted by atomic mass is 35.5. The van der Waals surface area contributed by atoms with Crippen LogP contribution in [0.5, 0.6) is 0 Å². The Morgan fingerprint density at radius 3 is 2.60 bits per heavy atom. The topological polar surface area (TPSA) is 59.3 Å². The molecule has 104 valence electrons. The zero-order chi connectivity index (χ0) is 14.5. The second kappa shape index (κ2) is 6.34. The molecule has 0 amide bonds. The Balaban J connectivity index is 2.14. The van der Waals surface area contributed by atoms with Crippen molar-refractivity contribution in [3.05, 3.63) is 63.3 Å². The van der Waals surface area contributed by atoms with Gasteiger partial charge in [0.25, 0.3) is 0 Å². The van der Waals surface area contributed by atoms with E-state index < -0.39 is 4.92 Å². The van der Waals surface area contributed by atoms with E-state index >= 15 is 0 Å². The average molecular weight is 292 g/mol. The molecule has 0 atom stereocenters. The van der Waals surface area contributed by atoms with Crippen LogP contribution in [0.2, 0.25) is 5.15 Å². The molecule has 1 aromatic carbocycles. The van der Waals surface area contributed by atoms with Crippen molar-refractivity contribution in [1.82, 2.24) is 4.98 Å². The van der Waals surface area contributed by atoms with E-state index in [2.05, 4.69) is 4.98 Å². The first-order valence-corrected chi connectivity index (χ1v) is 6.51. The van der Waals surface area contributed by atoms with E-state index in [0.29, 0.717) is 12.4 Å². The van der Waals surface area contributed by atoms with Gasteiger partial charge in [-0.3, -0.25) is 10.1 Å². The standard InChI is InChI=1S/C14H14ClN3O2/c1-17(10-9-11-5-3-2-4-6-11)14-12(18(19)20)7-8-13(15)16-14/h2-8H,9-10H2,1H3. The van der Waals surface area contributed by atoms with E-state index in [4.69, 9.17) is 11.6 Å². The molecule has 1 aromatic heterocycles. The fourth-order valence-electron chi connectivity index (χ4n) is 1.89. The third kappa shape index (κ3) is 3.45. The fraction of sp³-hybridized carbons (Fsp3) is 0.214. The number of nitrogens with zero attached hydrogens (tertiary/aromatic N) is 3. The van der Waals surface area contributed by atoms with Crippen LogP contribution >= 0.6 is 11.6 Å². The Hall–Kier alpha value is -2.14. The third-order valence-corrected chi connectivity index (χ3v) is 3.17. The van der Waals surface area contributed by atoms with E-state index in [1.165, 1.54) is 17.7 Å². The van der Waals surface area contributed by atoms with Crippen molar-refractivity contribution < 1.29 is 4.92 Å². The highest BCUT2D eigenvalue weighted by Gasteiger charge is 2.19. The summed E-state index contributed by atoms with van der Waals surface area (Å²) in [6.45, 7) is 0.623. The molecule has 5 nitrogen and oxygen atoms in total. The lowest BCUT2D eigenvalue weighted by Crippen LogP contribution is -2.22. The van der Waals surface area contributed by atoms with Gasteiger partial charge in [-0.1, -0.05) is 41.9 Å². The van der Waals surface area contributed by atoms with Crippen LogP contribution in [0, 0.1) is 10.1 Å². The van der Waals surface area contributed by atoms with Crippen LogP contribution in [-0.4, -0.2) is 23.5 Å². The van der Waals surface area contributed by atoms with E-state index in [0.717, 1.165) is 6.42 Å². The minimum absolute atomic E-state index is 0.0371. The van der Waals surface area contributed by atoms with E-state index in [1.54, 1.807) is 11.9 Å². The molecule has 0 aliphatic rings. The molecule has 20 heavy (non-hydrogen) atoms. The van der Waals surface area contributed by atoms with Gasteiger partial charge in [-0.15, -0.1) is 0 Å². The smallest absolute Gasteiger partial charge is 0.311 e. The van der Waals surface area contributed by atoms with Gasteiger partial charge in [0.15, 0.2) is 0 Å². The first kappa shape index (κ1) is 14.3. The SMILES string of the molecule is CN(CCc1ccccc1)c1nc(Cl)ccc1[N+](=O)[O-]. The van der Waals surface area contributed by atoms with Crippen LogP contribution in [0.4, 0.5) is 11.5 Å². The number of pyridine rings is 1. The number of halogens is 1. The quantitative estimate of drug-likeness (QED) is 0.482. The normalized spacial score (nSPS) is 10.3. The number of likely N-dealkylation sites (N-methyl/N-ethyl adjacent to an activating group) is 1. The Kier molecular flexibility index (Phi) is 4.53. The van der Waals surface area contributed by atoms with Gasteiger partial charge in [-0.2, -0.15) is 0 Å². The fourth-order valence-corrected chi connectivity index (χ4v) is 2.03. The van der Waals surface area contributed by atoms with Gasteiger partial charge in [0.2, 0.25) is 5.82 Å². The van der Waals surface area contributed by atoms with E-state index in [9.17, 15) is 10.1 Å². The summed E-state index contributed by atoms with van der Waals surface area (Å²) < 4.78 is 0. The largest absolute Gasteiger partial charge is 0.354 e. The molecule has 0 aliphatic carbocycles.